The third-order valence-corrected chi connectivity index (χ3v) is 4.45. The third kappa shape index (κ3) is 6.39. The molecule has 0 saturated heterocycles. The zero-order valence-corrected chi connectivity index (χ0v) is 18.0. The predicted octanol–water partition coefficient (Wildman–Crippen LogP) is 3.78. The molecule has 32 heavy (non-hydrogen) atoms. The second-order valence-electron chi connectivity index (χ2n) is 7.75. The standard InChI is InChI=1S/C23H26FN5O3/c1-4-20(31)26-15-7-5-8-16(11-15)27-21-19(24)13-25-22(29-21)28-17-9-6-10-18(12-17)32-23(2,3)14-30/h4,6-7,9-13,30H,1,5,8,14H2,2-3H3,(H,26,31)(H2,25,27,28,29). The van der Waals surface area contributed by atoms with Gasteiger partial charge in [0.2, 0.25) is 11.9 Å². The fraction of sp³-hybridized carbons (Fsp3) is 0.261. The number of anilines is 3. The molecule has 0 atom stereocenters. The minimum absolute atomic E-state index is 0.0128. The van der Waals surface area contributed by atoms with Crippen molar-refractivity contribution in [2.45, 2.75) is 32.3 Å². The largest absolute Gasteiger partial charge is 0.485 e. The summed E-state index contributed by atoms with van der Waals surface area (Å²) in [7, 11) is 0. The van der Waals surface area contributed by atoms with Gasteiger partial charge in [-0.3, -0.25) is 4.79 Å². The molecule has 0 spiro atoms. The van der Waals surface area contributed by atoms with Crippen molar-refractivity contribution in [3.8, 4) is 5.75 Å². The van der Waals surface area contributed by atoms with Crippen LogP contribution in [0.3, 0.4) is 0 Å². The molecule has 0 saturated carbocycles. The predicted molar refractivity (Wildman–Crippen MR) is 121 cm³/mol. The highest BCUT2D eigenvalue weighted by atomic mass is 19.1. The Labute approximate surface area is 185 Å². The Morgan fingerprint density at radius 1 is 1.38 bits per heavy atom. The summed E-state index contributed by atoms with van der Waals surface area (Å²) >= 11 is 0. The molecule has 2 aromatic rings. The number of hydrogen-bond donors (Lipinski definition) is 4. The molecule has 1 aliphatic rings. The molecule has 1 aromatic carbocycles. The van der Waals surface area contributed by atoms with Gasteiger partial charge in [0, 0.05) is 23.1 Å². The molecule has 1 amide bonds. The van der Waals surface area contributed by atoms with Crippen LogP contribution in [-0.2, 0) is 4.79 Å². The molecule has 3 rings (SSSR count). The van der Waals surface area contributed by atoms with Gasteiger partial charge in [0.15, 0.2) is 11.6 Å². The molecule has 0 unspecified atom stereocenters. The summed E-state index contributed by atoms with van der Waals surface area (Å²) in [4.78, 5) is 19.7. The fourth-order valence-electron chi connectivity index (χ4n) is 2.87. The Hall–Kier alpha value is -3.72. The van der Waals surface area contributed by atoms with Crippen molar-refractivity contribution < 1.29 is 19.0 Å². The number of carbonyl (C=O) groups excluding carboxylic acids is 1. The normalized spacial score (nSPS) is 13.5. The van der Waals surface area contributed by atoms with Crippen molar-refractivity contribution in [1.29, 1.82) is 0 Å². The van der Waals surface area contributed by atoms with Gasteiger partial charge in [0.1, 0.15) is 11.4 Å². The quantitative estimate of drug-likeness (QED) is 0.440. The number of aliphatic hydroxyl groups excluding tert-OH is 1. The van der Waals surface area contributed by atoms with E-state index >= 15 is 0 Å². The molecule has 9 heteroatoms. The lowest BCUT2D eigenvalue weighted by Gasteiger charge is -2.24. The second kappa shape index (κ2) is 10.1. The number of rotatable bonds is 9. The summed E-state index contributed by atoms with van der Waals surface area (Å²) in [5, 5.41) is 18.1. The first-order valence-corrected chi connectivity index (χ1v) is 10.1. The molecule has 0 fully saturated rings. The minimum Gasteiger partial charge on any atom is -0.485 e. The average Bonchev–Trinajstić information content (AvgIpc) is 2.76. The van der Waals surface area contributed by atoms with Gasteiger partial charge in [0.05, 0.1) is 12.8 Å². The van der Waals surface area contributed by atoms with Gasteiger partial charge >= 0.3 is 0 Å². The van der Waals surface area contributed by atoms with Crippen LogP contribution in [0.4, 0.5) is 21.8 Å². The molecule has 1 heterocycles. The number of amides is 1. The lowest BCUT2D eigenvalue weighted by Crippen LogP contribution is -2.32. The van der Waals surface area contributed by atoms with E-state index in [0.29, 0.717) is 35.7 Å². The lowest BCUT2D eigenvalue weighted by molar-refractivity contribution is -0.115. The monoisotopic (exact) mass is 439 g/mol. The van der Waals surface area contributed by atoms with E-state index in [1.54, 1.807) is 44.2 Å². The van der Waals surface area contributed by atoms with Crippen molar-refractivity contribution in [3.63, 3.8) is 0 Å². The third-order valence-electron chi connectivity index (χ3n) is 4.45. The number of halogens is 1. The number of hydrogen-bond acceptors (Lipinski definition) is 7. The molecule has 1 aliphatic carbocycles. The van der Waals surface area contributed by atoms with Crippen LogP contribution in [0.5, 0.6) is 5.75 Å². The summed E-state index contributed by atoms with van der Waals surface area (Å²) in [6.45, 7) is 6.84. The Balaban J connectivity index is 1.73. The Bertz CT molecular complexity index is 1070. The van der Waals surface area contributed by atoms with Crippen LogP contribution in [0, 0.1) is 5.82 Å². The highest BCUT2D eigenvalue weighted by Crippen LogP contribution is 2.25. The number of nitrogens with one attached hydrogen (secondary N) is 3. The van der Waals surface area contributed by atoms with E-state index in [1.807, 2.05) is 6.08 Å². The van der Waals surface area contributed by atoms with Gasteiger partial charge < -0.3 is 25.8 Å². The molecule has 0 aliphatic heterocycles. The van der Waals surface area contributed by atoms with Gasteiger partial charge in [-0.1, -0.05) is 18.7 Å². The maximum absolute atomic E-state index is 14.3. The van der Waals surface area contributed by atoms with Crippen LogP contribution in [0.15, 0.2) is 66.7 Å². The van der Waals surface area contributed by atoms with Gasteiger partial charge in [-0.2, -0.15) is 4.98 Å². The zero-order chi connectivity index (χ0) is 23.1. The van der Waals surface area contributed by atoms with Gasteiger partial charge in [-0.05, 0) is 51.0 Å². The van der Waals surface area contributed by atoms with E-state index in [-0.39, 0.29) is 24.3 Å². The average molecular weight is 439 g/mol. The van der Waals surface area contributed by atoms with Crippen LogP contribution < -0.4 is 20.7 Å². The minimum atomic E-state index is -0.728. The molecule has 168 valence electrons. The zero-order valence-electron chi connectivity index (χ0n) is 18.0. The highest BCUT2D eigenvalue weighted by Gasteiger charge is 2.18. The fourth-order valence-corrected chi connectivity index (χ4v) is 2.87. The van der Waals surface area contributed by atoms with Gasteiger partial charge in [-0.15, -0.1) is 0 Å². The van der Waals surface area contributed by atoms with E-state index in [0.717, 1.165) is 6.20 Å². The first-order valence-electron chi connectivity index (χ1n) is 10.1. The molecule has 1 aromatic heterocycles. The number of ether oxygens (including phenoxy) is 1. The summed E-state index contributed by atoms with van der Waals surface area (Å²) in [6.07, 6.45) is 7.18. The number of benzene rings is 1. The van der Waals surface area contributed by atoms with Crippen LogP contribution in [-0.4, -0.2) is 33.2 Å². The van der Waals surface area contributed by atoms with Crippen LogP contribution in [0.1, 0.15) is 26.7 Å². The maximum atomic E-state index is 14.3. The summed E-state index contributed by atoms with van der Waals surface area (Å²) in [5.74, 6) is -0.160. The molecule has 4 N–H and O–H groups in total. The number of aromatic nitrogens is 2. The summed E-state index contributed by atoms with van der Waals surface area (Å²) < 4.78 is 20.1. The Kier molecular flexibility index (Phi) is 7.21. The summed E-state index contributed by atoms with van der Waals surface area (Å²) in [6, 6.07) is 7.08. The van der Waals surface area contributed by atoms with E-state index in [2.05, 4.69) is 32.5 Å². The SMILES string of the molecule is C=CC(=O)NC1=CCCC(Nc2nc(Nc3cccc(OC(C)(C)CO)c3)ncc2F)=C1. The van der Waals surface area contributed by atoms with Crippen molar-refractivity contribution in [1.82, 2.24) is 15.3 Å². The van der Waals surface area contributed by atoms with E-state index in [4.69, 9.17) is 4.74 Å². The number of aliphatic hydroxyl groups is 1. The smallest absolute Gasteiger partial charge is 0.247 e. The first kappa shape index (κ1) is 23.0. The van der Waals surface area contributed by atoms with Crippen LogP contribution in [0.2, 0.25) is 0 Å². The summed E-state index contributed by atoms with van der Waals surface area (Å²) in [5.41, 5.74) is 1.23. The Morgan fingerprint density at radius 2 is 2.19 bits per heavy atom. The van der Waals surface area contributed by atoms with Crippen molar-refractivity contribution in [2.24, 2.45) is 0 Å². The number of nitrogens with zero attached hydrogens (tertiary/aromatic N) is 2. The number of carbonyl (C=O) groups is 1. The molecule has 0 radical (unpaired) electrons. The van der Waals surface area contributed by atoms with E-state index in [9.17, 15) is 14.3 Å². The van der Waals surface area contributed by atoms with E-state index < -0.39 is 11.4 Å². The first-order chi connectivity index (χ1) is 15.3. The van der Waals surface area contributed by atoms with E-state index in [1.165, 1.54) is 6.08 Å². The van der Waals surface area contributed by atoms with Gasteiger partial charge in [0.25, 0.3) is 0 Å². The van der Waals surface area contributed by atoms with Crippen LogP contribution in [0.25, 0.3) is 0 Å². The van der Waals surface area contributed by atoms with Crippen molar-refractivity contribution in [2.75, 3.05) is 17.2 Å². The topological polar surface area (TPSA) is 108 Å². The van der Waals surface area contributed by atoms with Crippen molar-refractivity contribution >= 4 is 23.4 Å². The van der Waals surface area contributed by atoms with Gasteiger partial charge in [-0.25, -0.2) is 9.37 Å². The molecular formula is C23H26FN5O3. The highest BCUT2D eigenvalue weighted by molar-refractivity contribution is 5.88. The Morgan fingerprint density at radius 3 is 2.94 bits per heavy atom. The van der Waals surface area contributed by atoms with Crippen LogP contribution >= 0.6 is 0 Å². The number of allylic oxidation sites excluding steroid dienone is 3. The molecule has 8 nitrogen and oxygen atoms in total. The molecule has 0 bridgehead atoms. The maximum Gasteiger partial charge on any atom is 0.247 e. The lowest BCUT2D eigenvalue weighted by atomic mass is 10.1. The molecular weight excluding hydrogens is 413 g/mol. The second-order valence-corrected chi connectivity index (χ2v) is 7.75. The van der Waals surface area contributed by atoms with Crippen molar-refractivity contribution in [3.05, 3.63) is 72.5 Å².